The molecule has 1 unspecified atom stereocenters. The predicted octanol–water partition coefficient (Wildman–Crippen LogP) is 2.22. The minimum absolute atomic E-state index is 0.175. The summed E-state index contributed by atoms with van der Waals surface area (Å²) in [6, 6.07) is 4.77. The van der Waals surface area contributed by atoms with Crippen LogP contribution >= 0.6 is 28.6 Å². The zero-order chi connectivity index (χ0) is 14.0. The van der Waals surface area contributed by atoms with E-state index in [0.717, 1.165) is 12.8 Å². The zero-order valence-electron chi connectivity index (χ0n) is 10.3. The second-order valence-electron chi connectivity index (χ2n) is 4.58. The second-order valence-corrected chi connectivity index (χ2v) is 5.95. The molecule has 0 aromatic heterocycles. The lowest BCUT2D eigenvalue weighted by Crippen LogP contribution is -2.50. The SMILES string of the molecule is NC(=O)C1CCCCN1C(=O)c1cc(S)ccc1Br. The van der Waals surface area contributed by atoms with Crippen molar-refractivity contribution in [2.75, 3.05) is 6.54 Å². The van der Waals surface area contributed by atoms with Crippen LogP contribution in [0.5, 0.6) is 0 Å². The van der Waals surface area contributed by atoms with Crippen LogP contribution in [0.4, 0.5) is 0 Å². The summed E-state index contributed by atoms with van der Waals surface area (Å²) < 4.78 is 0.698. The lowest BCUT2D eigenvalue weighted by atomic mass is 10.0. The molecule has 2 amide bonds. The molecule has 1 aromatic rings. The predicted molar refractivity (Wildman–Crippen MR) is 79.3 cm³/mol. The van der Waals surface area contributed by atoms with Gasteiger partial charge in [0.2, 0.25) is 5.91 Å². The van der Waals surface area contributed by atoms with E-state index in [1.54, 1.807) is 23.1 Å². The molecule has 19 heavy (non-hydrogen) atoms. The number of carbonyl (C=O) groups excluding carboxylic acids is 2. The van der Waals surface area contributed by atoms with Crippen molar-refractivity contribution in [2.45, 2.75) is 30.2 Å². The smallest absolute Gasteiger partial charge is 0.255 e. The first-order valence-electron chi connectivity index (χ1n) is 6.09. The molecule has 1 aliphatic rings. The quantitative estimate of drug-likeness (QED) is 0.809. The van der Waals surface area contributed by atoms with E-state index in [4.69, 9.17) is 5.73 Å². The number of halogens is 1. The molecule has 0 saturated carbocycles. The van der Waals surface area contributed by atoms with Crippen molar-refractivity contribution in [3.63, 3.8) is 0 Å². The van der Waals surface area contributed by atoms with Crippen molar-refractivity contribution in [2.24, 2.45) is 5.73 Å². The van der Waals surface area contributed by atoms with Gasteiger partial charge >= 0.3 is 0 Å². The molecule has 6 heteroatoms. The highest BCUT2D eigenvalue weighted by Gasteiger charge is 2.31. The maximum absolute atomic E-state index is 12.5. The molecule has 4 nitrogen and oxygen atoms in total. The van der Waals surface area contributed by atoms with E-state index in [1.807, 2.05) is 0 Å². The molecule has 1 saturated heterocycles. The van der Waals surface area contributed by atoms with E-state index in [9.17, 15) is 9.59 Å². The van der Waals surface area contributed by atoms with Crippen LogP contribution in [0, 0.1) is 0 Å². The average Bonchev–Trinajstić information content (AvgIpc) is 2.40. The molecule has 1 atom stereocenters. The van der Waals surface area contributed by atoms with Gasteiger partial charge in [-0.1, -0.05) is 0 Å². The highest BCUT2D eigenvalue weighted by atomic mass is 79.9. The van der Waals surface area contributed by atoms with E-state index in [-0.39, 0.29) is 5.91 Å². The molecule has 2 rings (SSSR count). The van der Waals surface area contributed by atoms with Crippen molar-refractivity contribution in [1.29, 1.82) is 0 Å². The number of nitrogens with two attached hydrogens (primary N) is 1. The van der Waals surface area contributed by atoms with Gasteiger partial charge in [-0.3, -0.25) is 9.59 Å². The Morgan fingerprint density at radius 2 is 2.11 bits per heavy atom. The van der Waals surface area contributed by atoms with E-state index < -0.39 is 11.9 Å². The monoisotopic (exact) mass is 342 g/mol. The van der Waals surface area contributed by atoms with E-state index >= 15 is 0 Å². The highest BCUT2D eigenvalue weighted by Crippen LogP contribution is 2.25. The number of hydrogen-bond donors (Lipinski definition) is 2. The van der Waals surface area contributed by atoms with Gasteiger partial charge in [-0.25, -0.2) is 0 Å². The number of benzene rings is 1. The minimum atomic E-state index is -0.503. The number of amides is 2. The summed E-state index contributed by atoms with van der Waals surface area (Å²) in [5.41, 5.74) is 5.90. The van der Waals surface area contributed by atoms with Crippen molar-refractivity contribution in [3.05, 3.63) is 28.2 Å². The van der Waals surface area contributed by atoms with Crippen molar-refractivity contribution < 1.29 is 9.59 Å². The molecule has 0 bridgehead atoms. The Kier molecular flexibility index (Phi) is 4.52. The number of primary amides is 1. The molecule has 1 aliphatic heterocycles. The fourth-order valence-electron chi connectivity index (χ4n) is 2.30. The van der Waals surface area contributed by atoms with Crippen LogP contribution < -0.4 is 5.73 Å². The highest BCUT2D eigenvalue weighted by molar-refractivity contribution is 9.10. The summed E-state index contributed by atoms with van der Waals surface area (Å²) in [5, 5.41) is 0. The first kappa shape index (κ1) is 14.4. The molecule has 102 valence electrons. The topological polar surface area (TPSA) is 63.4 Å². The first-order valence-corrected chi connectivity index (χ1v) is 7.33. The van der Waals surface area contributed by atoms with Crippen molar-refractivity contribution in [3.8, 4) is 0 Å². The molecular weight excluding hydrogens is 328 g/mol. The van der Waals surface area contributed by atoms with Crippen LogP contribution in [0.15, 0.2) is 27.6 Å². The number of nitrogens with zero attached hydrogens (tertiary/aromatic N) is 1. The zero-order valence-corrected chi connectivity index (χ0v) is 12.8. The minimum Gasteiger partial charge on any atom is -0.368 e. The number of carbonyl (C=O) groups is 2. The molecule has 0 radical (unpaired) electrons. The number of hydrogen-bond acceptors (Lipinski definition) is 3. The Bertz CT molecular complexity index is 521. The van der Waals surface area contributed by atoms with Gasteiger partial charge in [0.1, 0.15) is 6.04 Å². The van der Waals surface area contributed by atoms with E-state index in [1.165, 1.54) is 0 Å². The third-order valence-electron chi connectivity index (χ3n) is 3.27. The molecular formula is C13H15BrN2O2S. The first-order chi connectivity index (χ1) is 9.00. The summed E-state index contributed by atoms with van der Waals surface area (Å²) >= 11 is 7.60. The van der Waals surface area contributed by atoms with Crippen LogP contribution in [0.25, 0.3) is 0 Å². The molecule has 0 aliphatic carbocycles. The van der Waals surface area contributed by atoms with Gasteiger partial charge < -0.3 is 10.6 Å². The Balaban J connectivity index is 2.31. The number of likely N-dealkylation sites (tertiary alicyclic amines) is 1. The summed E-state index contributed by atoms with van der Waals surface area (Å²) in [7, 11) is 0. The van der Waals surface area contributed by atoms with Crippen LogP contribution in [-0.2, 0) is 4.79 Å². The van der Waals surface area contributed by atoms with Crippen LogP contribution in [0.2, 0.25) is 0 Å². The Labute approximate surface area is 125 Å². The Hall–Kier alpha value is -1.01. The molecule has 1 fully saturated rings. The summed E-state index contributed by atoms with van der Waals surface area (Å²) in [6.07, 6.45) is 2.46. The van der Waals surface area contributed by atoms with Gasteiger partial charge in [0, 0.05) is 15.9 Å². The van der Waals surface area contributed by atoms with Crippen LogP contribution in [0.3, 0.4) is 0 Å². The lowest BCUT2D eigenvalue weighted by molar-refractivity contribution is -0.123. The molecule has 1 heterocycles. The third kappa shape index (κ3) is 3.12. The summed E-state index contributed by atoms with van der Waals surface area (Å²) in [4.78, 5) is 26.3. The lowest BCUT2D eigenvalue weighted by Gasteiger charge is -2.34. The van der Waals surface area contributed by atoms with Crippen molar-refractivity contribution in [1.82, 2.24) is 4.90 Å². The van der Waals surface area contributed by atoms with Gasteiger partial charge in [-0.15, -0.1) is 12.6 Å². The Morgan fingerprint density at radius 1 is 1.37 bits per heavy atom. The average molecular weight is 343 g/mol. The van der Waals surface area contributed by atoms with Crippen LogP contribution in [-0.4, -0.2) is 29.3 Å². The van der Waals surface area contributed by atoms with Crippen LogP contribution in [0.1, 0.15) is 29.6 Å². The third-order valence-corrected chi connectivity index (χ3v) is 4.24. The van der Waals surface area contributed by atoms with Gasteiger partial charge in [0.05, 0.1) is 5.56 Å². The standard InChI is InChI=1S/C13H15BrN2O2S/c14-10-5-4-8(19)7-9(10)13(18)16-6-2-1-3-11(16)12(15)17/h4-5,7,11,19H,1-3,6H2,(H2,15,17). The maximum Gasteiger partial charge on any atom is 0.255 e. The van der Waals surface area contributed by atoms with Gasteiger partial charge in [-0.2, -0.15) is 0 Å². The second kappa shape index (κ2) is 5.96. The fraction of sp³-hybridized carbons (Fsp3) is 0.385. The normalized spacial score (nSPS) is 19.3. The van der Waals surface area contributed by atoms with Gasteiger partial charge in [0.25, 0.3) is 5.91 Å². The van der Waals surface area contributed by atoms with Gasteiger partial charge in [-0.05, 0) is 53.4 Å². The fourth-order valence-corrected chi connectivity index (χ4v) is 2.92. The molecule has 1 aromatic carbocycles. The van der Waals surface area contributed by atoms with Crippen molar-refractivity contribution >= 4 is 40.4 Å². The number of thiol groups is 1. The largest absolute Gasteiger partial charge is 0.368 e. The van der Waals surface area contributed by atoms with Gasteiger partial charge in [0.15, 0.2) is 0 Å². The summed E-state index contributed by atoms with van der Waals surface area (Å²) in [5.74, 6) is -0.613. The maximum atomic E-state index is 12.5. The summed E-state index contributed by atoms with van der Waals surface area (Å²) in [6.45, 7) is 0.565. The Morgan fingerprint density at radius 3 is 2.79 bits per heavy atom. The number of rotatable bonds is 2. The number of piperidine rings is 1. The molecule has 0 spiro atoms. The van der Waals surface area contributed by atoms with E-state index in [0.29, 0.717) is 27.9 Å². The van der Waals surface area contributed by atoms with E-state index in [2.05, 4.69) is 28.6 Å². The molecule has 2 N–H and O–H groups in total.